The number of hydrogen-bond acceptors (Lipinski definition) is 1. The molecular weight excluding hydrogens is 711 g/mol. The maximum absolute atomic E-state index is 5.16. The molecule has 0 radical (unpaired) electrons. The monoisotopic (exact) mass is 749 g/mol. The fourth-order valence-corrected chi connectivity index (χ4v) is 9.16. The lowest BCUT2D eigenvalue weighted by Crippen LogP contribution is -1.98. The first-order chi connectivity index (χ1) is 29.1. The molecule has 59 heavy (non-hydrogen) atoms. The Morgan fingerprint density at radius 1 is 0.288 bits per heavy atom. The largest absolute Gasteiger partial charge is 0.253 e. The first-order valence-electron chi connectivity index (χ1n) is 20.3. The van der Waals surface area contributed by atoms with Gasteiger partial charge in [-0.15, -0.1) is 0 Å². The van der Waals surface area contributed by atoms with Crippen LogP contribution in [0.3, 0.4) is 0 Å². The molecule has 0 saturated heterocycles. The molecule has 11 aromatic rings. The van der Waals surface area contributed by atoms with Crippen LogP contribution in [-0.4, -0.2) is 5.71 Å². The van der Waals surface area contributed by atoms with E-state index in [2.05, 4.69) is 214 Å². The maximum atomic E-state index is 5.16. The number of hydrogen-bond donors (Lipinski definition) is 0. The standard InChI is InChI=1S/C58H39N/c1-37(39-24-26-41(27-25-39)40-14-4-3-5-15-40)59-38(2)44-32-45(42-28-30-55-51-20-8-6-16-47(51)49-18-10-12-22-53(49)57(55)35-42)34-46(33-44)43-29-31-56-52-21-9-7-17-48(52)50-19-11-13-23-54(50)58(56)36-43/h3-36H,1H2,2H3. The summed E-state index contributed by atoms with van der Waals surface area (Å²) >= 11 is 0. The molecule has 0 heterocycles. The van der Waals surface area contributed by atoms with Gasteiger partial charge in [-0.05, 0) is 146 Å². The molecule has 1 nitrogen and oxygen atoms in total. The van der Waals surface area contributed by atoms with Gasteiger partial charge in [0.15, 0.2) is 0 Å². The molecular formula is C58H39N. The average Bonchev–Trinajstić information content (AvgIpc) is 3.31. The molecule has 276 valence electrons. The maximum Gasteiger partial charge on any atom is 0.0633 e. The predicted molar refractivity (Wildman–Crippen MR) is 255 cm³/mol. The Bertz CT molecular complexity index is 3250. The van der Waals surface area contributed by atoms with Crippen LogP contribution >= 0.6 is 0 Å². The highest BCUT2D eigenvalue weighted by atomic mass is 14.8. The summed E-state index contributed by atoms with van der Waals surface area (Å²) in [6.07, 6.45) is 0. The van der Waals surface area contributed by atoms with E-state index in [1.807, 2.05) is 6.07 Å². The van der Waals surface area contributed by atoms with Crippen molar-refractivity contribution in [1.82, 2.24) is 0 Å². The summed E-state index contributed by atoms with van der Waals surface area (Å²) in [5, 5.41) is 15.2. The summed E-state index contributed by atoms with van der Waals surface area (Å²) in [4.78, 5) is 5.16. The molecule has 11 rings (SSSR count). The fourth-order valence-electron chi connectivity index (χ4n) is 9.16. The topological polar surface area (TPSA) is 12.4 Å². The molecule has 0 aromatic heterocycles. The average molecular weight is 750 g/mol. The normalized spacial score (nSPS) is 12.0. The van der Waals surface area contributed by atoms with E-state index in [0.717, 1.165) is 33.7 Å². The van der Waals surface area contributed by atoms with Crippen molar-refractivity contribution in [1.29, 1.82) is 0 Å². The third-order valence-corrected chi connectivity index (χ3v) is 12.1. The fraction of sp³-hybridized carbons (Fsp3) is 0.0172. The van der Waals surface area contributed by atoms with Crippen molar-refractivity contribution in [2.24, 2.45) is 4.99 Å². The second kappa shape index (κ2) is 14.1. The first-order valence-corrected chi connectivity index (χ1v) is 20.3. The zero-order valence-electron chi connectivity index (χ0n) is 32.8. The van der Waals surface area contributed by atoms with E-state index in [-0.39, 0.29) is 0 Å². The van der Waals surface area contributed by atoms with Gasteiger partial charge in [0.2, 0.25) is 0 Å². The van der Waals surface area contributed by atoms with E-state index >= 15 is 0 Å². The molecule has 0 N–H and O–H groups in total. The van der Waals surface area contributed by atoms with Crippen LogP contribution in [0.15, 0.2) is 218 Å². The van der Waals surface area contributed by atoms with Crippen molar-refractivity contribution in [3.8, 4) is 33.4 Å². The van der Waals surface area contributed by atoms with Gasteiger partial charge in [-0.3, -0.25) is 4.99 Å². The molecule has 0 amide bonds. The molecule has 0 aliphatic rings. The van der Waals surface area contributed by atoms with Crippen molar-refractivity contribution < 1.29 is 0 Å². The number of nitrogens with zero attached hydrogens (tertiary/aromatic N) is 1. The van der Waals surface area contributed by atoms with E-state index in [4.69, 9.17) is 4.99 Å². The van der Waals surface area contributed by atoms with Crippen LogP contribution in [0.5, 0.6) is 0 Å². The van der Waals surface area contributed by atoms with Crippen LogP contribution in [0.25, 0.3) is 104 Å². The van der Waals surface area contributed by atoms with E-state index in [1.54, 1.807) is 0 Å². The second-order valence-corrected chi connectivity index (χ2v) is 15.6. The summed E-state index contributed by atoms with van der Waals surface area (Å²) < 4.78 is 0. The molecule has 0 aliphatic carbocycles. The highest BCUT2D eigenvalue weighted by molar-refractivity contribution is 6.27. The van der Waals surface area contributed by atoms with Gasteiger partial charge < -0.3 is 0 Å². The minimum atomic E-state index is 0.738. The molecule has 0 fully saturated rings. The van der Waals surface area contributed by atoms with Gasteiger partial charge >= 0.3 is 0 Å². The minimum Gasteiger partial charge on any atom is -0.253 e. The Balaban J connectivity index is 1.09. The summed E-state index contributed by atoms with van der Waals surface area (Å²) in [6, 6.07) is 75.0. The molecule has 0 saturated carbocycles. The van der Waals surface area contributed by atoms with Gasteiger partial charge in [0.25, 0.3) is 0 Å². The van der Waals surface area contributed by atoms with Gasteiger partial charge in [0.1, 0.15) is 0 Å². The molecule has 0 bridgehead atoms. The summed E-state index contributed by atoms with van der Waals surface area (Å²) in [7, 11) is 0. The smallest absolute Gasteiger partial charge is 0.0633 e. The number of rotatable bonds is 6. The Labute approximate surface area is 343 Å². The summed E-state index contributed by atoms with van der Waals surface area (Å²) in [6.45, 7) is 6.55. The van der Waals surface area contributed by atoms with Gasteiger partial charge in [-0.1, -0.05) is 183 Å². The van der Waals surface area contributed by atoms with E-state index in [1.165, 1.54) is 86.9 Å². The Morgan fingerprint density at radius 2 is 0.627 bits per heavy atom. The van der Waals surface area contributed by atoms with Crippen LogP contribution in [-0.2, 0) is 0 Å². The second-order valence-electron chi connectivity index (χ2n) is 15.6. The number of fused-ring (bicyclic) bond motifs is 12. The van der Waals surface area contributed by atoms with Crippen molar-refractivity contribution in [3.05, 3.63) is 224 Å². The Kier molecular flexibility index (Phi) is 8.27. The van der Waals surface area contributed by atoms with E-state index in [0.29, 0.717) is 0 Å². The SMILES string of the molecule is C=C(N=C(C)c1cc(-c2ccc3c4ccccc4c4ccccc4c3c2)cc(-c2ccc3c4ccccc4c4ccccc4c3c2)c1)c1ccc(-c2ccccc2)cc1. The zero-order valence-corrected chi connectivity index (χ0v) is 32.8. The summed E-state index contributed by atoms with van der Waals surface area (Å²) in [5.41, 5.74) is 10.7. The van der Waals surface area contributed by atoms with E-state index in [9.17, 15) is 0 Å². The highest BCUT2D eigenvalue weighted by Gasteiger charge is 2.15. The first kappa shape index (κ1) is 34.6. The van der Waals surface area contributed by atoms with Gasteiger partial charge in [-0.25, -0.2) is 0 Å². The highest BCUT2D eigenvalue weighted by Crippen LogP contribution is 2.40. The van der Waals surface area contributed by atoms with Gasteiger partial charge in [0.05, 0.1) is 5.70 Å². The third-order valence-electron chi connectivity index (χ3n) is 12.1. The van der Waals surface area contributed by atoms with Crippen molar-refractivity contribution in [2.75, 3.05) is 0 Å². The lowest BCUT2D eigenvalue weighted by molar-refractivity contribution is 1.47. The zero-order chi connectivity index (χ0) is 39.5. The molecule has 1 heteroatoms. The van der Waals surface area contributed by atoms with Crippen LogP contribution in [0, 0.1) is 0 Å². The molecule has 11 aromatic carbocycles. The Morgan fingerprint density at radius 3 is 1.05 bits per heavy atom. The van der Waals surface area contributed by atoms with Crippen molar-refractivity contribution in [2.45, 2.75) is 6.92 Å². The molecule has 0 atom stereocenters. The number of aliphatic imine (C=N–C) groups is 1. The van der Waals surface area contributed by atoms with Gasteiger partial charge in [0, 0.05) is 5.71 Å². The minimum absolute atomic E-state index is 0.738. The Hall–Kier alpha value is -7.61. The molecule has 0 aliphatic heterocycles. The lowest BCUT2D eigenvalue weighted by Gasteiger charge is -2.15. The van der Waals surface area contributed by atoms with Gasteiger partial charge in [-0.2, -0.15) is 0 Å². The predicted octanol–water partition coefficient (Wildman–Crippen LogP) is 16.1. The third kappa shape index (κ3) is 5.99. The van der Waals surface area contributed by atoms with Crippen molar-refractivity contribution >= 4 is 76.0 Å². The number of benzene rings is 11. The van der Waals surface area contributed by atoms with E-state index < -0.39 is 0 Å². The summed E-state index contributed by atoms with van der Waals surface area (Å²) in [5.74, 6) is 0. The molecule has 0 spiro atoms. The lowest BCUT2D eigenvalue weighted by atomic mass is 9.89. The van der Waals surface area contributed by atoms with Crippen LogP contribution < -0.4 is 0 Å². The quantitative estimate of drug-likeness (QED) is 0.119. The van der Waals surface area contributed by atoms with Crippen LogP contribution in [0.1, 0.15) is 18.1 Å². The van der Waals surface area contributed by atoms with Crippen molar-refractivity contribution in [3.63, 3.8) is 0 Å². The van der Waals surface area contributed by atoms with Crippen LogP contribution in [0.2, 0.25) is 0 Å². The van der Waals surface area contributed by atoms with Crippen LogP contribution in [0.4, 0.5) is 0 Å². The molecule has 0 unspecified atom stereocenters.